The molecule has 2 aromatic heterocycles. The number of nitrogen functional groups attached to an aromatic ring is 1. The first kappa shape index (κ1) is 12.2. The van der Waals surface area contributed by atoms with Crippen molar-refractivity contribution in [1.29, 1.82) is 0 Å². The lowest BCUT2D eigenvalue weighted by Crippen LogP contribution is -2.17. The fourth-order valence-corrected chi connectivity index (χ4v) is 1.76. The zero-order valence-electron chi connectivity index (χ0n) is 10.7. The molecule has 4 N–H and O–H groups in total. The van der Waals surface area contributed by atoms with E-state index in [0.29, 0.717) is 23.7 Å². The number of nitrogens with two attached hydrogens (primary N) is 1. The number of hydrogen-bond acceptors (Lipinski definition) is 3. The minimum Gasteiger partial charge on any atom is -0.397 e. The molecule has 1 amide bonds. The maximum absolute atomic E-state index is 12.1. The van der Waals surface area contributed by atoms with Gasteiger partial charge in [0.2, 0.25) is 0 Å². The van der Waals surface area contributed by atoms with Crippen molar-refractivity contribution in [2.45, 2.75) is 27.3 Å². The molecule has 6 heteroatoms. The van der Waals surface area contributed by atoms with E-state index in [2.05, 4.69) is 15.5 Å². The van der Waals surface area contributed by atoms with Gasteiger partial charge in [0.15, 0.2) is 5.82 Å². The average molecular weight is 247 g/mol. The highest BCUT2D eigenvalue weighted by molar-refractivity contribution is 6.03. The number of rotatable bonds is 3. The Hall–Kier alpha value is -2.24. The number of H-pyrrole nitrogens is 1. The molecule has 0 aliphatic heterocycles. The summed E-state index contributed by atoms with van der Waals surface area (Å²) in [5, 5.41) is 9.65. The Labute approximate surface area is 105 Å². The molecular formula is C12H17N5O. The topological polar surface area (TPSA) is 88.7 Å². The summed E-state index contributed by atoms with van der Waals surface area (Å²) >= 11 is 0. The zero-order chi connectivity index (χ0) is 13.3. The van der Waals surface area contributed by atoms with Crippen molar-refractivity contribution in [3.05, 3.63) is 29.2 Å². The van der Waals surface area contributed by atoms with Crippen molar-refractivity contribution in [3.63, 3.8) is 0 Å². The summed E-state index contributed by atoms with van der Waals surface area (Å²) in [6, 6.07) is 1.66. The van der Waals surface area contributed by atoms with Crippen molar-refractivity contribution in [2.75, 3.05) is 11.1 Å². The number of nitrogens with zero attached hydrogens (tertiary/aromatic N) is 2. The third-order valence-corrected chi connectivity index (χ3v) is 2.98. The van der Waals surface area contributed by atoms with Gasteiger partial charge in [0.1, 0.15) is 5.69 Å². The van der Waals surface area contributed by atoms with E-state index in [1.54, 1.807) is 16.8 Å². The Balaban J connectivity index is 2.24. The highest BCUT2D eigenvalue weighted by Crippen LogP contribution is 2.16. The lowest BCUT2D eigenvalue weighted by molar-refractivity contribution is 0.101. The van der Waals surface area contributed by atoms with Gasteiger partial charge in [-0.3, -0.25) is 9.89 Å². The van der Waals surface area contributed by atoms with Crippen LogP contribution in [0.3, 0.4) is 0 Å². The number of anilines is 2. The molecule has 0 radical (unpaired) electrons. The Morgan fingerprint density at radius 3 is 2.83 bits per heavy atom. The first-order valence-corrected chi connectivity index (χ1v) is 5.81. The van der Waals surface area contributed by atoms with Crippen molar-refractivity contribution in [1.82, 2.24) is 14.8 Å². The summed E-state index contributed by atoms with van der Waals surface area (Å²) < 4.78 is 1.81. The van der Waals surface area contributed by atoms with Crippen molar-refractivity contribution < 1.29 is 4.79 Å². The average Bonchev–Trinajstić information content (AvgIpc) is 2.86. The van der Waals surface area contributed by atoms with Crippen LogP contribution in [-0.4, -0.2) is 20.7 Å². The summed E-state index contributed by atoms with van der Waals surface area (Å²) in [5.41, 5.74) is 8.69. The van der Waals surface area contributed by atoms with Gasteiger partial charge in [-0.25, -0.2) is 0 Å². The molecule has 18 heavy (non-hydrogen) atoms. The van der Waals surface area contributed by atoms with Gasteiger partial charge in [-0.2, -0.15) is 5.10 Å². The molecule has 0 saturated heterocycles. The van der Waals surface area contributed by atoms with Gasteiger partial charge in [0.05, 0.1) is 5.69 Å². The molecule has 0 fully saturated rings. The van der Waals surface area contributed by atoms with Crippen LogP contribution in [0.1, 0.15) is 28.7 Å². The predicted octanol–water partition coefficient (Wildman–Crippen LogP) is 1.68. The van der Waals surface area contributed by atoms with E-state index in [1.807, 2.05) is 20.8 Å². The SMILES string of the molecule is CCn1cc(N)cc1C(=O)Nc1n[nH]c(C)c1C. The number of hydrogen-bond donors (Lipinski definition) is 3. The number of carbonyl (C=O) groups excluding carboxylic acids is 1. The zero-order valence-corrected chi connectivity index (χ0v) is 10.7. The van der Waals surface area contributed by atoms with Crippen LogP contribution in [0.4, 0.5) is 11.5 Å². The van der Waals surface area contributed by atoms with Gasteiger partial charge in [0.25, 0.3) is 5.91 Å². The molecule has 0 atom stereocenters. The lowest BCUT2D eigenvalue weighted by Gasteiger charge is -2.06. The van der Waals surface area contributed by atoms with E-state index in [-0.39, 0.29) is 5.91 Å². The summed E-state index contributed by atoms with van der Waals surface area (Å²) in [6.45, 7) is 6.46. The fourth-order valence-electron chi connectivity index (χ4n) is 1.76. The standard InChI is InChI=1S/C12H17N5O/c1-4-17-6-9(13)5-10(17)12(18)14-11-7(2)8(3)15-16-11/h5-6H,4,13H2,1-3H3,(H2,14,15,16,18). The summed E-state index contributed by atoms with van der Waals surface area (Å²) in [7, 11) is 0. The summed E-state index contributed by atoms with van der Waals surface area (Å²) in [4.78, 5) is 12.1. The third kappa shape index (κ3) is 2.09. The number of aromatic nitrogens is 3. The molecule has 0 saturated carbocycles. The Morgan fingerprint density at radius 2 is 2.28 bits per heavy atom. The minimum absolute atomic E-state index is 0.205. The quantitative estimate of drug-likeness (QED) is 0.771. The number of aryl methyl sites for hydroxylation is 2. The smallest absolute Gasteiger partial charge is 0.273 e. The van der Waals surface area contributed by atoms with Crippen LogP contribution in [-0.2, 0) is 6.54 Å². The molecule has 2 rings (SSSR count). The summed E-state index contributed by atoms with van der Waals surface area (Å²) in [6.07, 6.45) is 1.75. The Morgan fingerprint density at radius 1 is 1.56 bits per heavy atom. The molecule has 0 aliphatic rings. The van der Waals surface area contributed by atoms with Gasteiger partial charge >= 0.3 is 0 Å². The number of nitrogens with one attached hydrogen (secondary N) is 2. The molecule has 96 valence electrons. The van der Waals surface area contributed by atoms with Crippen molar-refractivity contribution in [2.24, 2.45) is 0 Å². The van der Waals surface area contributed by atoms with Crippen molar-refractivity contribution >= 4 is 17.4 Å². The number of aromatic amines is 1. The van der Waals surface area contributed by atoms with Crippen molar-refractivity contribution in [3.8, 4) is 0 Å². The lowest BCUT2D eigenvalue weighted by atomic mass is 10.2. The van der Waals surface area contributed by atoms with Crippen LogP contribution in [0.25, 0.3) is 0 Å². The maximum atomic E-state index is 12.1. The Bertz CT molecular complexity index is 581. The second-order valence-corrected chi connectivity index (χ2v) is 4.22. The maximum Gasteiger partial charge on any atom is 0.273 e. The van der Waals surface area contributed by atoms with Gasteiger partial charge in [-0.1, -0.05) is 0 Å². The second kappa shape index (κ2) is 4.56. The summed E-state index contributed by atoms with van der Waals surface area (Å²) in [5.74, 6) is 0.350. The normalized spacial score (nSPS) is 10.6. The van der Waals surface area contributed by atoms with E-state index in [0.717, 1.165) is 11.3 Å². The molecule has 2 heterocycles. The molecule has 0 aliphatic carbocycles. The third-order valence-electron chi connectivity index (χ3n) is 2.98. The molecule has 0 bridgehead atoms. The Kier molecular flexibility index (Phi) is 3.10. The second-order valence-electron chi connectivity index (χ2n) is 4.22. The van der Waals surface area contributed by atoms with E-state index in [9.17, 15) is 4.79 Å². The molecule has 6 nitrogen and oxygen atoms in total. The number of amides is 1. The van der Waals surface area contributed by atoms with E-state index in [1.165, 1.54) is 0 Å². The number of carbonyl (C=O) groups is 1. The van der Waals surface area contributed by atoms with Gasteiger partial charge in [-0.15, -0.1) is 0 Å². The van der Waals surface area contributed by atoms with Crippen LogP contribution in [0.5, 0.6) is 0 Å². The van der Waals surface area contributed by atoms with Gasteiger partial charge < -0.3 is 15.6 Å². The highest BCUT2D eigenvalue weighted by atomic mass is 16.2. The first-order chi connectivity index (χ1) is 8.52. The molecule has 2 aromatic rings. The van der Waals surface area contributed by atoms with Crippen LogP contribution < -0.4 is 11.1 Å². The van der Waals surface area contributed by atoms with Crippen LogP contribution >= 0.6 is 0 Å². The monoisotopic (exact) mass is 247 g/mol. The highest BCUT2D eigenvalue weighted by Gasteiger charge is 2.15. The minimum atomic E-state index is -0.205. The van der Waals surface area contributed by atoms with Gasteiger partial charge in [0, 0.05) is 24.0 Å². The van der Waals surface area contributed by atoms with Crippen LogP contribution in [0, 0.1) is 13.8 Å². The fraction of sp³-hybridized carbons (Fsp3) is 0.333. The molecular weight excluding hydrogens is 230 g/mol. The van der Waals surface area contributed by atoms with E-state index in [4.69, 9.17) is 5.73 Å². The molecule has 0 unspecified atom stereocenters. The molecule has 0 spiro atoms. The first-order valence-electron chi connectivity index (χ1n) is 5.81. The predicted molar refractivity (Wildman–Crippen MR) is 70.5 cm³/mol. The molecule has 0 aromatic carbocycles. The van der Waals surface area contributed by atoms with E-state index >= 15 is 0 Å². The van der Waals surface area contributed by atoms with Gasteiger partial charge in [-0.05, 0) is 26.8 Å². The van der Waals surface area contributed by atoms with Crippen LogP contribution in [0.2, 0.25) is 0 Å². The largest absolute Gasteiger partial charge is 0.397 e. The van der Waals surface area contributed by atoms with Crippen LogP contribution in [0.15, 0.2) is 12.3 Å². The van der Waals surface area contributed by atoms with E-state index < -0.39 is 0 Å².